The van der Waals surface area contributed by atoms with Crippen LogP contribution >= 0.6 is 0 Å². The molecule has 1 aromatic heterocycles. The van der Waals surface area contributed by atoms with E-state index in [1.165, 1.54) is 0 Å². The first-order valence-electron chi connectivity index (χ1n) is 5.72. The molecule has 2 N–H and O–H groups in total. The van der Waals surface area contributed by atoms with Crippen LogP contribution in [-0.2, 0) is 0 Å². The van der Waals surface area contributed by atoms with Crippen molar-refractivity contribution >= 4 is 16.8 Å². The van der Waals surface area contributed by atoms with Crippen molar-refractivity contribution in [3.8, 4) is 0 Å². The minimum atomic E-state index is -0.0183. The van der Waals surface area contributed by atoms with E-state index in [1.807, 2.05) is 18.2 Å². The fourth-order valence-corrected chi connectivity index (χ4v) is 2.08. The predicted octanol–water partition coefficient (Wildman–Crippen LogP) is 2.01. The average Bonchev–Trinajstić information content (AvgIpc) is 2.97. The number of aromatic amines is 1. The van der Waals surface area contributed by atoms with Crippen LogP contribution in [-0.4, -0.2) is 22.1 Å². The van der Waals surface area contributed by atoms with Crippen molar-refractivity contribution in [2.75, 3.05) is 0 Å². The molecule has 4 heteroatoms. The van der Waals surface area contributed by atoms with Gasteiger partial charge >= 0.3 is 0 Å². The second-order valence-electron chi connectivity index (χ2n) is 4.29. The van der Waals surface area contributed by atoms with Gasteiger partial charge in [0, 0.05) is 17.0 Å². The van der Waals surface area contributed by atoms with Crippen LogP contribution in [0.5, 0.6) is 0 Å². The van der Waals surface area contributed by atoms with Crippen LogP contribution in [0.3, 0.4) is 0 Å². The third-order valence-electron chi connectivity index (χ3n) is 3.05. The molecule has 1 amide bonds. The van der Waals surface area contributed by atoms with Gasteiger partial charge in [-0.1, -0.05) is 18.2 Å². The van der Waals surface area contributed by atoms with E-state index in [4.69, 9.17) is 0 Å². The molecule has 0 radical (unpaired) electrons. The number of rotatable bonds is 2. The quantitative estimate of drug-likeness (QED) is 0.771. The molecule has 1 aliphatic carbocycles. The lowest BCUT2D eigenvalue weighted by atomic mass is 10.1. The normalized spacial score (nSPS) is 15.5. The fourth-order valence-electron chi connectivity index (χ4n) is 2.08. The molecule has 1 aliphatic rings. The summed E-state index contributed by atoms with van der Waals surface area (Å²) >= 11 is 0. The number of fused-ring (bicyclic) bond motifs is 1. The molecule has 0 spiro atoms. The second-order valence-corrected chi connectivity index (χ2v) is 4.29. The number of hydrogen-bond acceptors (Lipinski definition) is 2. The summed E-state index contributed by atoms with van der Waals surface area (Å²) in [5.74, 6) is -0.0183. The highest BCUT2D eigenvalue weighted by Gasteiger charge is 2.14. The largest absolute Gasteiger partial charge is 0.349 e. The van der Waals surface area contributed by atoms with Gasteiger partial charge in [0.05, 0.1) is 11.7 Å². The maximum atomic E-state index is 12.0. The zero-order valence-corrected chi connectivity index (χ0v) is 9.31. The number of nitrogens with zero attached hydrogens (tertiary/aromatic N) is 1. The van der Waals surface area contributed by atoms with Gasteiger partial charge in [-0.3, -0.25) is 9.89 Å². The van der Waals surface area contributed by atoms with E-state index >= 15 is 0 Å². The van der Waals surface area contributed by atoms with Gasteiger partial charge in [0.1, 0.15) is 0 Å². The SMILES string of the molecule is O=C(NC1CC=CC1)c1ccc2cn[nH]c2c1. The highest BCUT2D eigenvalue weighted by molar-refractivity contribution is 5.97. The number of carbonyl (C=O) groups is 1. The number of nitrogens with one attached hydrogen (secondary N) is 2. The summed E-state index contributed by atoms with van der Waals surface area (Å²) in [4.78, 5) is 12.0. The van der Waals surface area contributed by atoms with Gasteiger partial charge in [-0.15, -0.1) is 0 Å². The minimum Gasteiger partial charge on any atom is -0.349 e. The van der Waals surface area contributed by atoms with Gasteiger partial charge in [-0.2, -0.15) is 5.10 Å². The van der Waals surface area contributed by atoms with E-state index in [9.17, 15) is 4.79 Å². The zero-order chi connectivity index (χ0) is 11.7. The van der Waals surface area contributed by atoms with E-state index in [0.717, 1.165) is 23.7 Å². The predicted molar refractivity (Wildman–Crippen MR) is 65.7 cm³/mol. The van der Waals surface area contributed by atoms with Crippen molar-refractivity contribution in [3.63, 3.8) is 0 Å². The van der Waals surface area contributed by atoms with Gasteiger partial charge in [0.2, 0.25) is 0 Å². The van der Waals surface area contributed by atoms with Gasteiger partial charge in [0.15, 0.2) is 0 Å². The Balaban J connectivity index is 1.79. The monoisotopic (exact) mass is 227 g/mol. The Morgan fingerprint density at radius 1 is 1.35 bits per heavy atom. The molecule has 1 aromatic carbocycles. The number of carbonyl (C=O) groups excluding carboxylic acids is 1. The highest BCUT2D eigenvalue weighted by atomic mass is 16.1. The molecule has 2 aromatic rings. The van der Waals surface area contributed by atoms with Crippen molar-refractivity contribution in [1.29, 1.82) is 0 Å². The van der Waals surface area contributed by atoms with Gasteiger partial charge in [0.25, 0.3) is 5.91 Å². The lowest BCUT2D eigenvalue weighted by molar-refractivity contribution is 0.0939. The maximum absolute atomic E-state index is 12.0. The minimum absolute atomic E-state index is 0.0183. The number of amides is 1. The van der Waals surface area contributed by atoms with Crippen molar-refractivity contribution < 1.29 is 4.79 Å². The Labute approximate surface area is 98.7 Å². The van der Waals surface area contributed by atoms with E-state index in [2.05, 4.69) is 27.7 Å². The Bertz CT molecular complexity index is 577. The van der Waals surface area contributed by atoms with E-state index in [0.29, 0.717) is 5.56 Å². The molecule has 0 bridgehead atoms. The van der Waals surface area contributed by atoms with Crippen LogP contribution in [0, 0.1) is 0 Å². The fraction of sp³-hybridized carbons (Fsp3) is 0.231. The molecule has 0 saturated heterocycles. The maximum Gasteiger partial charge on any atom is 0.251 e. The first-order valence-corrected chi connectivity index (χ1v) is 5.72. The smallest absolute Gasteiger partial charge is 0.251 e. The van der Waals surface area contributed by atoms with Crippen molar-refractivity contribution in [2.45, 2.75) is 18.9 Å². The summed E-state index contributed by atoms with van der Waals surface area (Å²) in [6.07, 6.45) is 7.81. The van der Waals surface area contributed by atoms with E-state index in [1.54, 1.807) is 6.20 Å². The number of hydrogen-bond donors (Lipinski definition) is 2. The molecule has 0 saturated carbocycles. The van der Waals surface area contributed by atoms with Crippen LogP contribution in [0.25, 0.3) is 10.9 Å². The van der Waals surface area contributed by atoms with Gasteiger partial charge in [-0.05, 0) is 25.0 Å². The molecule has 17 heavy (non-hydrogen) atoms. The number of H-pyrrole nitrogens is 1. The Morgan fingerprint density at radius 2 is 2.18 bits per heavy atom. The third-order valence-corrected chi connectivity index (χ3v) is 3.05. The lowest BCUT2D eigenvalue weighted by Crippen LogP contribution is -2.32. The molecule has 86 valence electrons. The Morgan fingerprint density at radius 3 is 3.00 bits per heavy atom. The molecular formula is C13H13N3O. The van der Waals surface area contributed by atoms with Crippen LogP contribution in [0.1, 0.15) is 23.2 Å². The molecule has 1 heterocycles. The number of aromatic nitrogens is 2. The van der Waals surface area contributed by atoms with Gasteiger partial charge in [-0.25, -0.2) is 0 Å². The van der Waals surface area contributed by atoms with Crippen LogP contribution in [0.4, 0.5) is 0 Å². The molecule has 0 fully saturated rings. The average molecular weight is 227 g/mol. The Kier molecular flexibility index (Phi) is 2.40. The standard InChI is InChI=1S/C13H13N3O/c17-13(15-11-3-1-2-4-11)9-5-6-10-8-14-16-12(10)7-9/h1-2,5-8,11H,3-4H2,(H,14,16)(H,15,17). The van der Waals surface area contributed by atoms with Crippen LogP contribution in [0.2, 0.25) is 0 Å². The molecule has 0 unspecified atom stereocenters. The van der Waals surface area contributed by atoms with Crippen molar-refractivity contribution in [1.82, 2.24) is 15.5 Å². The molecule has 3 rings (SSSR count). The van der Waals surface area contributed by atoms with Crippen LogP contribution in [0.15, 0.2) is 36.5 Å². The highest BCUT2D eigenvalue weighted by Crippen LogP contribution is 2.14. The zero-order valence-electron chi connectivity index (χ0n) is 9.31. The first kappa shape index (κ1) is 10.1. The summed E-state index contributed by atoms with van der Waals surface area (Å²) in [5.41, 5.74) is 1.57. The Hall–Kier alpha value is -2.10. The van der Waals surface area contributed by atoms with Crippen molar-refractivity contribution in [3.05, 3.63) is 42.1 Å². The van der Waals surface area contributed by atoms with Crippen LogP contribution < -0.4 is 5.32 Å². The lowest BCUT2D eigenvalue weighted by Gasteiger charge is -2.11. The van der Waals surface area contributed by atoms with Gasteiger partial charge < -0.3 is 5.32 Å². The summed E-state index contributed by atoms with van der Waals surface area (Å²) in [7, 11) is 0. The van der Waals surface area contributed by atoms with E-state index < -0.39 is 0 Å². The first-order chi connectivity index (χ1) is 8.33. The summed E-state index contributed by atoms with van der Waals surface area (Å²) in [6.45, 7) is 0. The molecular weight excluding hydrogens is 214 g/mol. The summed E-state index contributed by atoms with van der Waals surface area (Å²) < 4.78 is 0. The third kappa shape index (κ3) is 1.93. The second kappa shape index (κ2) is 4.05. The topological polar surface area (TPSA) is 57.8 Å². The molecule has 0 atom stereocenters. The van der Waals surface area contributed by atoms with E-state index in [-0.39, 0.29) is 11.9 Å². The van der Waals surface area contributed by atoms with Crippen molar-refractivity contribution in [2.24, 2.45) is 0 Å². The molecule has 4 nitrogen and oxygen atoms in total. The summed E-state index contributed by atoms with van der Waals surface area (Å²) in [5, 5.41) is 10.8. The summed E-state index contributed by atoms with van der Waals surface area (Å²) in [6, 6.07) is 5.82. The molecule has 0 aliphatic heterocycles. The number of benzene rings is 1.